The Kier molecular flexibility index (Phi) is 6.70. The highest BCUT2D eigenvalue weighted by molar-refractivity contribution is 6.60. The van der Waals surface area contributed by atoms with Gasteiger partial charge in [-0.15, -0.1) is 0 Å². The molecule has 0 atom stereocenters. The van der Waals surface area contributed by atoms with Crippen molar-refractivity contribution in [3.05, 3.63) is 0 Å². The molecule has 0 radical (unpaired) electrons. The van der Waals surface area contributed by atoms with E-state index in [1.807, 2.05) is 0 Å². The van der Waals surface area contributed by atoms with Gasteiger partial charge in [0, 0.05) is 20.3 Å². The monoisotopic (exact) mass is 247 g/mol. The maximum atomic E-state index is 9.95. The summed E-state index contributed by atoms with van der Waals surface area (Å²) in [5, 5.41) is 0. The first kappa shape index (κ1) is 15.5. The molecular formula is C10H21NO4Si. The molecule has 0 heterocycles. The van der Waals surface area contributed by atoms with Crippen molar-refractivity contribution < 1.29 is 18.1 Å². The number of hydrogen-bond acceptors (Lipinski definition) is 5. The molecule has 0 saturated carbocycles. The Hall–Kier alpha value is -0.523. The highest BCUT2D eigenvalue weighted by atomic mass is 28.4. The molecular weight excluding hydrogens is 226 g/mol. The van der Waals surface area contributed by atoms with E-state index in [1.54, 1.807) is 14.2 Å². The molecule has 0 aliphatic rings. The molecule has 5 nitrogen and oxygen atoms in total. The molecule has 0 saturated heterocycles. The molecule has 0 bridgehead atoms. The fourth-order valence-corrected chi connectivity index (χ4v) is 3.43. The van der Waals surface area contributed by atoms with Crippen molar-refractivity contribution in [3.8, 4) is 0 Å². The molecule has 0 rings (SSSR count). The lowest BCUT2D eigenvalue weighted by atomic mass is 9.94. The standard InChI is InChI=1S/C10H21NO4Si/c1-10(2,3)6-7-16(13-4,14-5)15-9-11-8-12/h6-7,9H2,1-5H3. The number of rotatable bonds is 7. The van der Waals surface area contributed by atoms with E-state index in [9.17, 15) is 4.79 Å². The van der Waals surface area contributed by atoms with Gasteiger partial charge in [-0.05, 0) is 11.8 Å². The third-order valence-corrected chi connectivity index (χ3v) is 4.89. The van der Waals surface area contributed by atoms with Crippen LogP contribution >= 0.6 is 0 Å². The van der Waals surface area contributed by atoms with Gasteiger partial charge in [0.1, 0.15) is 6.73 Å². The third kappa shape index (κ3) is 6.15. The van der Waals surface area contributed by atoms with Crippen LogP contribution in [0.15, 0.2) is 4.99 Å². The van der Waals surface area contributed by atoms with Crippen molar-refractivity contribution >= 4 is 14.9 Å². The van der Waals surface area contributed by atoms with Crippen LogP contribution < -0.4 is 0 Å². The second-order valence-electron chi connectivity index (χ2n) is 4.67. The van der Waals surface area contributed by atoms with E-state index in [1.165, 1.54) is 6.08 Å². The van der Waals surface area contributed by atoms with Gasteiger partial charge in [-0.1, -0.05) is 20.8 Å². The van der Waals surface area contributed by atoms with Gasteiger partial charge < -0.3 is 13.3 Å². The van der Waals surface area contributed by atoms with Gasteiger partial charge in [0.2, 0.25) is 6.08 Å². The van der Waals surface area contributed by atoms with Gasteiger partial charge in [0.25, 0.3) is 0 Å². The van der Waals surface area contributed by atoms with E-state index in [2.05, 4.69) is 25.8 Å². The van der Waals surface area contributed by atoms with Crippen molar-refractivity contribution in [2.45, 2.75) is 33.2 Å². The van der Waals surface area contributed by atoms with Gasteiger partial charge >= 0.3 is 8.80 Å². The van der Waals surface area contributed by atoms with Crippen LogP contribution in [-0.4, -0.2) is 35.8 Å². The minimum Gasteiger partial charge on any atom is -0.377 e. The predicted octanol–water partition coefficient (Wildman–Crippen LogP) is 1.96. The molecule has 94 valence electrons. The first-order chi connectivity index (χ1) is 7.39. The lowest BCUT2D eigenvalue weighted by molar-refractivity contribution is 0.0977. The Bertz CT molecular complexity index is 242. The minimum atomic E-state index is -2.66. The molecule has 0 N–H and O–H groups in total. The largest absolute Gasteiger partial charge is 0.501 e. The number of carbonyl (C=O) groups excluding carboxylic acids is 1. The Morgan fingerprint density at radius 2 is 1.81 bits per heavy atom. The highest BCUT2D eigenvalue weighted by Gasteiger charge is 2.39. The quantitative estimate of drug-likeness (QED) is 0.392. The van der Waals surface area contributed by atoms with Crippen molar-refractivity contribution in [2.75, 3.05) is 21.0 Å². The van der Waals surface area contributed by atoms with Crippen LogP contribution in [0.1, 0.15) is 27.2 Å². The summed E-state index contributed by atoms with van der Waals surface area (Å²) >= 11 is 0. The zero-order chi connectivity index (χ0) is 12.7. The molecule has 0 aromatic heterocycles. The first-order valence-electron chi connectivity index (χ1n) is 5.17. The molecule has 0 amide bonds. The summed E-state index contributed by atoms with van der Waals surface area (Å²) in [4.78, 5) is 13.3. The van der Waals surface area contributed by atoms with Gasteiger partial charge in [-0.3, -0.25) is 0 Å². The van der Waals surface area contributed by atoms with Crippen LogP contribution in [0.5, 0.6) is 0 Å². The van der Waals surface area contributed by atoms with Crippen LogP contribution in [0.25, 0.3) is 0 Å². The lowest BCUT2D eigenvalue weighted by Crippen LogP contribution is -2.44. The van der Waals surface area contributed by atoms with Crippen LogP contribution in [0, 0.1) is 5.41 Å². The second-order valence-corrected chi connectivity index (χ2v) is 7.65. The SMILES string of the molecule is CO[Si](CCC(C)(C)C)(OC)OCN=C=O. The highest BCUT2D eigenvalue weighted by Crippen LogP contribution is 2.27. The van der Waals surface area contributed by atoms with Crippen molar-refractivity contribution in [1.29, 1.82) is 0 Å². The summed E-state index contributed by atoms with van der Waals surface area (Å²) in [6, 6.07) is 0.706. The topological polar surface area (TPSA) is 57.1 Å². The number of aliphatic imine (C=N–C) groups is 1. The molecule has 0 unspecified atom stereocenters. The van der Waals surface area contributed by atoms with Crippen LogP contribution in [-0.2, 0) is 18.1 Å². The Balaban J connectivity index is 4.37. The van der Waals surface area contributed by atoms with Crippen LogP contribution in [0.3, 0.4) is 0 Å². The molecule has 16 heavy (non-hydrogen) atoms. The average molecular weight is 247 g/mol. The second kappa shape index (κ2) is 6.93. The average Bonchev–Trinajstić information content (AvgIpc) is 2.23. The summed E-state index contributed by atoms with van der Waals surface area (Å²) in [5.41, 5.74) is 0.187. The van der Waals surface area contributed by atoms with Gasteiger partial charge in [-0.2, -0.15) is 4.99 Å². The fourth-order valence-electron chi connectivity index (χ4n) is 1.16. The van der Waals surface area contributed by atoms with Crippen LogP contribution in [0.4, 0.5) is 0 Å². The number of hydrogen-bond donors (Lipinski definition) is 0. The van der Waals surface area contributed by atoms with Crippen molar-refractivity contribution in [1.82, 2.24) is 0 Å². The van der Waals surface area contributed by atoms with E-state index >= 15 is 0 Å². The maximum absolute atomic E-state index is 9.95. The van der Waals surface area contributed by atoms with Crippen molar-refractivity contribution in [3.63, 3.8) is 0 Å². The molecule has 0 aliphatic heterocycles. The zero-order valence-electron chi connectivity index (χ0n) is 10.7. The van der Waals surface area contributed by atoms with Gasteiger partial charge in [0.05, 0.1) is 0 Å². The Morgan fingerprint density at radius 3 is 2.19 bits per heavy atom. The summed E-state index contributed by atoms with van der Waals surface area (Å²) < 4.78 is 16.1. The molecule has 0 aromatic rings. The first-order valence-corrected chi connectivity index (χ1v) is 7.10. The lowest BCUT2D eigenvalue weighted by Gasteiger charge is -2.28. The van der Waals surface area contributed by atoms with Crippen molar-refractivity contribution in [2.24, 2.45) is 10.4 Å². The normalized spacial score (nSPS) is 12.3. The fraction of sp³-hybridized carbons (Fsp3) is 0.900. The zero-order valence-corrected chi connectivity index (χ0v) is 11.7. The molecule has 0 aliphatic carbocycles. The van der Waals surface area contributed by atoms with Crippen LogP contribution in [0.2, 0.25) is 6.04 Å². The summed E-state index contributed by atoms with van der Waals surface area (Å²) in [5.74, 6) is 0. The summed E-state index contributed by atoms with van der Waals surface area (Å²) in [6.07, 6.45) is 2.34. The van der Waals surface area contributed by atoms with E-state index in [4.69, 9.17) is 13.3 Å². The summed E-state index contributed by atoms with van der Waals surface area (Å²) in [6.45, 7) is 6.37. The van der Waals surface area contributed by atoms with E-state index in [0.29, 0.717) is 6.04 Å². The molecule has 6 heteroatoms. The molecule has 0 fully saturated rings. The maximum Gasteiger partial charge on any atom is 0.501 e. The van der Waals surface area contributed by atoms with Gasteiger partial charge in [0.15, 0.2) is 0 Å². The third-order valence-electron chi connectivity index (χ3n) is 2.22. The Labute approximate surface area is 98.2 Å². The minimum absolute atomic E-state index is 0.0540. The number of nitrogens with zero attached hydrogens (tertiary/aromatic N) is 1. The predicted molar refractivity (Wildman–Crippen MR) is 62.7 cm³/mol. The molecule has 0 spiro atoms. The van der Waals surface area contributed by atoms with Gasteiger partial charge in [-0.25, -0.2) is 4.79 Å². The van der Waals surface area contributed by atoms with E-state index in [-0.39, 0.29) is 12.1 Å². The Morgan fingerprint density at radius 1 is 1.25 bits per heavy atom. The molecule has 0 aromatic carbocycles. The number of isocyanates is 1. The summed E-state index contributed by atoms with van der Waals surface area (Å²) in [7, 11) is 0.454. The van der Waals surface area contributed by atoms with E-state index < -0.39 is 8.80 Å². The van der Waals surface area contributed by atoms with E-state index in [0.717, 1.165) is 6.42 Å². The smallest absolute Gasteiger partial charge is 0.377 e.